The van der Waals surface area contributed by atoms with E-state index in [9.17, 15) is 0 Å². The molecule has 1 heterocycles. The maximum absolute atomic E-state index is 5.89. The summed E-state index contributed by atoms with van der Waals surface area (Å²) in [6, 6.07) is 11.2. The van der Waals surface area contributed by atoms with Gasteiger partial charge in [-0.2, -0.15) is 0 Å². The summed E-state index contributed by atoms with van der Waals surface area (Å²) in [6.07, 6.45) is 1.65. The van der Waals surface area contributed by atoms with Crippen molar-refractivity contribution in [1.82, 2.24) is 10.4 Å². The number of ether oxygens (including phenoxy) is 1. The Kier molecular flexibility index (Phi) is 4.15. The second-order valence-electron chi connectivity index (χ2n) is 3.79. The molecular weight excluding hydrogens is 250 g/mol. The van der Waals surface area contributed by atoms with Gasteiger partial charge in [0, 0.05) is 6.20 Å². The van der Waals surface area contributed by atoms with E-state index in [2.05, 4.69) is 10.4 Å². The van der Waals surface area contributed by atoms with E-state index in [4.69, 9.17) is 22.2 Å². The number of methoxy groups -OCH3 is 1. The molecule has 0 saturated carbocycles. The molecule has 0 amide bonds. The van der Waals surface area contributed by atoms with E-state index < -0.39 is 0 Å². The van der Waals surface area contributed by atoms with Crippen molar-refractivity contribution in [1.29, 1.82) is 0 Å². The molecule has 18 heavy (non-hydrogen) atoms. The van der Waals surface area contributed by atoms with Gasteiger partial charge in [-0.15, -0.1) is 0 Å². The van der Waals surface area contributed by atoms with Gasteiger partial charge in [0.2, 0.25) is 0 Å². The molecule has 4 nitrogen and oxygen atoms in total. The fraction of sp³-hybridized carbons (Fsp3) is 0.154. The number of nitrogens with zero attached hydrogens (tertiary/aromatic N) is 1. The van der Waals surface area contributed by atoms with Crippen LogP contribution in [0.4, 0.5) is 0 Å². The summed E-state index contributed by atoms with van der Waals surface area (Å²) in [6.45, 7) is 0. The van der Waals surface area contributed by atoms with E-state index in [0.29, 0.717) is 5.15 Å². The number of hydrazine groups is 1. The first-order chi connectivity index (χ1) is 8.74. The molecule has 0 aliphatic heterocycles. The minimum Gasteiger partial charge on any atom is -0.497 e. The number of benzene rings is 1. The van der Waals surface area contributed by atoms with Gasteiger partial charge >= 0.3 is 0 Å². The summed E-state index contributed by atoms with van der Waals surface area (Å²) < 4.78 is 5.20. The minimum absolute atomic E-state index is 0.152. The van der Waals surface area contributed by atoms with Crippen molar-refractivity contribution in [2.24, 2.45) is 5.84 Å². The Labute approximate surface area is 111 Å². The quantitative estimate of drug-likeness (QED) is 0.505. The van der Waals surface area contributed by atoms with E-state index in [1.54, 1.807) is 19.4 Å². The highest BCUT2D eigenvalue weighted by molar-refractivity contribution is 6.29. The van der Waals surface area contributed by atoms with E-state index in [1.807, 2.05) is 30.3 Å². The highest BCUT2D eigenvalue weighted by Gasteiger charge is 2.13. The third-order valence-electron chi connectivity index (χ3n) is 2.68. The zero-order chi connectivity index (χ0) is 13.0. The van der Waals surface area contributed by atoms with Crippen LogP contribution in [0, 0.1) is 0 Å². The Hall–Kier alpha value is -1.62. The molecule has 3 N–H and O–H groups in total. The molecule has 0 aliphatic rings. The first-order valence-electron chi connectivity index (χ1n) is 5.46. The molecule has 0 bridgehead atoms. The highest BCUT2D eigenvalue weighted by Crippen LogP contribution is 2.25. The van der Waals surface area contributed by atoms with Gasteiger partial charge in [0.25, 0.3) is 0 Å². The molecule has 0 saturated heterocycles. The fourth-order valence-corrected chi connectivity index (χ4v) is 1.99. The second-order valence-corrected chi connectivity index (χ2v) is 4.18. The van der Waals surface area contributed by atoms with Crippen molar-refractivity contribution in [3.8, 4) is 5.75 Å². The van der Waals surface area contributed by atoms with Crippen LogP contribution < -0.4 is 16.0 Å². The lowest BCUT2D eigenvalue weighted by Crippen LogP contribution is -2.28. The average Bonchev–Trinajstić information content (AvgIpc) is 2.40. The molecule has 0 fully saturated rings. The van der Waals surface area contributed by atoms with Crippen LogP contribution in [-0.2, 0) is 0 Å². The summed E-state index contributed by atoms with van der Waals surface area (Å²) in [7, 11) is 1.63. The van der Waals surface area contributed by atoms with Crippen molar-refractivity contribution in [2.75, 3.05) is 7.11 Å². The standard InChI is InChI=1S/C13H14ClN3O/c1-18-11-4-2-3-9(7-11)13(17-15)10-5-6-16-12(14)8-10/h2-8,13,17H,15H2,1H3. The smallest absolute Gasteiger partial charge is 0.129 e. The van der Waals surface area contributed by atoms with Crippen LogP contribution in [0.1, 0.15) is 17.2 Å². The Balaban J connectivity index is 2.38. The van der Waals surface area contributed by atoms with Crippen molar-refractivity contribution in [3.63, 3.8) is 0 Å². The first kappa shape index (κ1) is 12.8. The van der Waals surface area contributed by atoms with Crippen molar-refractivity contribution >= 4 is 11.6 Å². The van der Waals surface area contributed by atoms with Crippen LogP contribution in [0.5, 0.6) is 5.75 Å². The number of hydrogen-bond donors (Lipinski definition) is 2. The number of pyridine rings is 1. The number of nitrogens with two attached hydrogens (primary N) is 1. The predicted molar refractivity (Wildman–Crippen MR) is 71.4 cm³/mol. The topological polar surface area (TPSA) is 60.2 Å². The van der Waals surface area contributed by atoms with Gasteiger partial charge in [-0.25, -0.2) is 10.4 Å². The summed E-state index contributed by atoms with van der Waals surface area (Å²) >= 11 is 5.89. The molecule has 0 radical (unpaired) electrons. The Morgan fingerprint density at radius 1 is 1.28 bits per heavy atom. The lowest BCUT2D eigenvalue weighted by Gasteiger charge is -2.17. The number of aromatic nitrogens is 1. The van der Waals surface area contributed by atoms with Crippen molar-refractivity contribution in [2.45, 2.75) is 6.04 Å². The van der Waals surface area contributed by atoms with Crippen LogP contribution in [0.15, 0.2) is 42.6 Å². The van der Waals surface area contributed by atoms with E-state index >= 15 is 0 Å². The third-order valence-corrected chi connectivity index (χ3v) is 2.88. The monoisotopic (exact) mass is 263 g/mol. The van der Waals surface area contributed by atoms with Gasteiger partial charge in [-0.3, -0.25) is 5.84 Å². The molecule has 94 valence electrons. The van der Waals surface area contributed by atoms with Crippen LogP contribution in [-0.4, -0.2) is 12.1 Å². The average molecular weight is 264 g/mol. The largest absolute Gasteiger partial charge is 0.497 e. The van der Waals surface area contributed by atoms with Crippen molar-refractivity contribution < 1.29 is 4.74 Å². The minimum atomic E-state index is -0.152. The normalized spacial score (nSPS) is 12.2. The molecule has 1 unspecified atom stereocenters. The van der Waals surface area contributed by atoms with Gasteiger partial charge in [-0.05, 0) is 35.4 Å². The maximum atomic E-state index is 5.89. The number of hydrogen-bond acceptors (Lipinski definition) is 4. The van der Waals surface area contributed by atoms with E-state index in [-0.39, 0.29) is 6.04 Å². The zero-order valence-corrected chi connectivity index (χ0v) is 10.7. The van der Waals surface area contributed by atoms with Crippen molar-refractivity contribution in [3.05, 3.63) is 58.9 Å². The highest BCUT2D eigenvalue weighted by atomic mass is 35.5. The van der Waals surface area contributed by atoms with Gasteiger partial charge in [0.15, 0.2) is 0 Å². The molecule has 1 aromatic carbocycles. The zero-order valence-electron chi connectivity index (χ0n) is 9.93. The lowest BCUT2D eigenvalue weighted by atomic mass is 10.0. The van der Waals surface area contributed by atoms with Crippen LogP contribution >= 0.6 is 11.6 Å². The molecule has 2 rings (SSSR count). The van der Waals surface area contributed by atoms with Gasteiger partial charge in [0.1, 0.15) is 10.9 Å². The molecule has 0 aliphatic carbocycles. The lowest BCUT2D eigenvalue weighted by molar-refractivity contribution is 0.413. The number of rotatable bonds is 4. The molecule has 1 aromatic heterocycles. The SMILES string of the molecule is COc1cccc(C(NN)c2ccnc(Cl)c2)c1. The third kappa shape index (κ3) is 2.79. The van der Waals surface area contributed by atoms with Crippen LogP contribution in [0.2, 0.25) is 5.15 Å². The molecule has 1 atom stereocenters. The maximum Gasteiger partial charge on any atom is 0.129 e. The van der Waals surface area contributed by atoms with E-state index in [1.165, 1.54) is 0 Å². The van der Waals surface area contributed by atoms with Gasteiger partial charge < -0.3 is 4.74 Å². The molecule has 5 heteroatoms. The predicted octanol–water partition coefficient (Wildman–Crippen LogP) is 2.30. The second kappa shape index (κ2) is 5.82. The van der Waals surface area contributed by atoms with Gasteiger partial charge in [0.05, 0.1) is 13.2 Å². The van der Waals surface area contributed by atoms with Crippen LogP contribution in [0.25, 0.3) is 0 Å². The summed E-state index contributed by atoms with van der Waals surface area (Å²) in [4.78, 5) is 3.96. The summed E-state index contributed by atoms with van der Waals surface area (Å²) in [5.41, 5.74) is 4.72. The fourth-order valence-electron chi connectivity index (χ4n) is 1.80. The first-order valence-corrected chi connectivity index (χ1v) is 5.84. The summed E-state index contributed by atoms with van der Waals surface area (Å²) in [5, 5.41) is 0.440. The number of nitrogens with one attached hydrogen (secondary N) is 1. The van der Waals surface area contributed by atoms with E-state index in [0.717, 1.165) is 16.9 Å². The van der Waals surface area contributed by atoms with Gasteiger partial charge in [-0.1, -0.05) is 23.7 Å². The Bertz CT molecular complexity index is 533. The molecule has 0 spiro atoms. The molecular formula is C13H14ClN3O. The Morgan fingerprint density at radius 2 is 2.06 bits per heavy atom. The number of halogens is 1. The molecule has 2 aromatic rings. The Morgan fingerprint density at radius 3 is 2.72 bits per heavy atom. The van der Waals surface area contributed by atoms with Crippen LogP contribution in [0.3, 0.4) is 0 Å². The summed E-state index contributed by atoms with van der Waals surface area (Å²) in [5.74, 6) is 6.41.